The molecule has 0 atom stereocenters. The van der Waals surface area contributed by atoms with Gasteiger partial charge in [-0.2, -0.15) is 13.2 Å². The molecule has 7 nitrogen and oxygen atoms in total. The van der Waals surface area contributed by atoms with E-state index in [-0.39, 0.29) is 45.3 Å². The number of hydrogen-bond donors (Lipinski definition) is 2. The average molecular weight is 499 g/mol. The molecule has 0 fully saturated rings. The number of alkyl halides is 3. The van der Waals surface area contributed by atoms with Crippen LogP contribution >= 0.6 is 11.8 Å². The molecule has 0 saturated heterocycles. The van der Waals surface area contributed by atoms with E-state index in [0.29, 0.717) is 5.56 Å². The Morgan fingerprint density at radius 1 is 1.12 bits per heavy atom. The van der Waals surface area contributed by atoms with Crippen molar-refractivity contribution >= 4 is 33.2 Å². The van der Waals surface area contributed by atoms with Gasteiger partial charge in [0.2, 0.25) is 5.88 Å². The van der Waals surface area contributed by atoms with Gasteiger partial charge >= 0.3 is 5.51 Å². The first kappa shape index (κ1) is 24.4. The van der Waals surface area contributed by atoms with E-state index in [0.717, 1.165) is 18.4 Å². The van der Waals surface area contributed by atoms with Gasteiger partial charge in [0, 0.05) is 29.1 Å². The number of benzene rings is 2. The van der Waals surface area contributed by atoms with E-state index in [2.05, 4.69) is 10.3 Å². The minimum Gasteiger partial charge on any atom is -0.507 e. The normalized spacial score (nSPS) is 11.8. The van der Waals surface area contributed by atoms with E-state index in [1.165, 1.54) is 48.7 Å². The van der Waals surface area contributed by atoms with Crippen LogP contribution in [-0.4, -0.2) is 36.2 Å². The Morgan fingerprint density at radius 2 is 1.82 bits per heavy atom. The molecule has 3 aromatic rings. The second-order valence-electron chi connectivity index (χ2n) is 6.77. The number of nitrogens with zero attached hydrogens (tertiary/aromatic N) is 1. The van der Waals surface area contributed by atoms with E-state index < -0.39 is 27.0 Å². The maximum atomic E-state index is 12.4. The van der Waals surface area contributed by atoms with Gasteiger partial charge in [0.15, 0.2) is 9.84 Å². The molecule has 0 bridgehead atoms. The smallest absolute Gasteiger partial charge is 0.446 e. The van der Waals surface area contributed by atoms with Gasteiger partial charge in [-0.25, -0.2) is 13.4 Å². The van der Waals surface area contributed by atoms with Gasteiger partial charge in [0.05, 0.1) is 5.56 Å². The molecule has 174 valence electrons. The summed E-state index contributed by atoms with van der Waals surface area (Å²) in [7, 11) is -3.68. The SMILES string of the molecule is CS(=O)(=O)c1cc(NC(=O)c2ccc(OCc3ccc(SC(F)(F)F)cc3)nc2)ccc1O. The Hall–Kier alpha value is -3.25. The highest BCUT2D eigenvalue weighted by molar-refractivity contribution is 8.00. The number of phenolic OH excluding ortho intramolecular Hbond substituents is 1. The maximum Gasteiger partial charge on any atom is 0.446 e. The first-order valence-electron chi connectivity index (χ1n) is 9.19. The number of aromatic nitrogens is 1. The lowest BCUT2D eigenvalue weighted by Crippen LogP contribution is -2.13. The van der Waals surface area contributed by atoms with Crippen LogP contribution in [0, 0.1) is 0 Å². The Labute approximate surface area is 191 Å². The molecule has 0 aliphatic carbocycles. The van der Waals surface area contributed by atoms with Crippen molar-refractivity contribution in [3.05, 3.63) is 71.9 Å². The lowest BCUT2D eigenvalue weighted by atomic mass is 10.2. The minimum absolute atomic E-state index is 0.0667. The predicted molar refractivity (Wildman–Crippen MR) is 116 cm³/mol. The fraction of sp³-hybridized carbons (Fsp3) is 0.143. The largest absolute Gasteiger partial charge is 0.507 e. The van der Waals surface area contributed by atoms with Crippen molar-refractivity contribution in [3.63, 3.8) is 0 Å². The third kappa shape index (κ3) is 7.12. The number of halogens is 3. The zero-order chi connectivity index (χ0) is 24.2. The van der Waals surface area contributed by atoms with Gasteiger partial charge in [-0.1, -0.05) is 12.1 Å². The summed E-state index contributed by atoms with van der Waals surface area (Å²) < 4.78 is 66.0. The highest BCUT2D eigenvalue weighted by Gasteiger charge is 2.29. The number of carbonyl (C=O) groups is 1. The molecule has 2 N–H and O–H groups in total. The van der Waals surface area contributed by atoms with Crippen LogP contribution in [-0.2, 0) is 16.4 Å². The summed E-state index contributed by atoms with van der Waals surface area (Å²) in [5, 5.41) is 12.2. The maximum absolute atomic E-state index is 12.4. The number of carbonyl (C=O) groups excluding carboxylic acids is 1. The Kier molecular flexibility index (Phi) is 7.18. The Balaban J connectivity index is 1.59. The zero-order valence-electron chi connectivity index (χ0n) is 17.0. The third-order valence-electron chi connectivity index (χ3n) is 4.16. The van der Waals surface area contributed by atoms with Crippen molar-refractivity contribution in [2.75, 3.05) is 11.6 Å². The third-order valence-corrected chi connectivity index (χ3v) is 6.02. The van der Waals surface area contributed by atoms with E-state index in [4.69, 9.17) is 4.74 Å². The highest BCUT2D eigenvalue weighted by atomic mass is 32.2. The van der Waals surface area contributed by atoms with E-state index in [1.54, 1.807) is 0 Å². The molecule has 12 heteroatoms. The molecule has 1 heterocycles. The second kappa shape index (κ2) is 9.71. The fourth-order valence-electron chi connectivity index (χ4n) is 2.64. The van der Waals surface area contributed by atoms with Crippen LogP contribution < -0.4 is 10.1 Å². The van der Waals surface area contributed by atoms with Gasteiger partial charge in [-0.15, -0.1) is 0 Å². The van der Waals surface area contributed by atoms with Crippen LogP contribution in [0.2, 0.25) is 0 Å². The van der Waals surface area contributed by atoms with Gasteiger partial charge in [-0.3, -0.25) is 4.79 Å². The minimum atomic E-state index is -4.35. The number of pyridine rings is 1. The number of thioether (sulfide) groups is 1. The molecule has 1 amide bonds. The molecule has 2 aromatic carbocycles. The van der Waals surface area contributed by atoms with E-state index in [1.807, 2.05) is 0 Å². The average Bonchev–Trinajstić information content (AvgIpc) is 2.73. The number of phenols is 1. The summed E-state index contributed by atoms with van der Waals surface area (Å²) in [5.41, 5.74) is -3.37. The van der Waals surface area contributed by atoms with Gasteiger partial charge in [0.25, 0.3) is 5.91 Å². The van der Waals surface area contributed by atoms with Crippen LogP contribution in [0.4, 0.5) is 18.9 Å². The number of rotatable bonds is 7. The molecule has 0 spiro atoms. The number of hydrogen-bond acceptors (Lipinski definition) is 7. The Bertz CT molecular complexity index is 1250. The second-order valence-corrected chi connectivity index (χ2v) is 9.90. The predicted octanol–water partition coefficient (Wildman–Crippen LogP) is 4.63. The zero-order valence-corrected chi connectivity index (χ0v) is 18.6. The monoisotopic (exact) mass is 498 g/mol. The van der Waals surface area contributed by atoms with Gasteiger partial charge < -0.3 is 15.2 Å². The highest BCUT2D eigenvalue weighted by Crippen LogP contribution is 2.36. The van der Waals surface area contributed by atoms with Gasteiger partial charge in [-0.05, 0) is 53.7 Å². The molecule has 0 aliphatic rings. The first-order valence-corrected chi connectivity index (χ1v) is 11.9. The summed E-state index contributed by atoms with van der Waals surface area (Å²) in [6, 6.07) is 12.3. The molecule has 1 aromatic heterocycles. The summed E-state index contributed by atoms with van der Waals surface area (Å²) in [5.74, 6) is -0.784. The molecule has 0 radical (unpaired) electrons. The van der Waals surface area contributed by atoms with Crippen molar-refractivity contribution in [2.24, 2.45) is 0 Å². The lowest BCUT2D eigenvalue weighted by molar-refractivity contribution is -0.0328. The first-order chi connectivity index (χ1) is 15.4. The van der Waals surface area contributed by atoms with Crippen LogP contribution in [0.1, 0.15) is 15.9 Å². The molecule has 3 rings (SSSR count). The number of aromatic hydroxyl groups is 1. The summed E-state index contributed by atoms with van der Waals surface area (Å²) in [4.78, 5) is 16.2. The molecule has 33 heavy (non-hydrogen) atoms. The fourth-order valence-corrected chi connectivity index (χ4v) is 3.97. The molecular formula is C21H17F3N2O5S2. The topological polar surface area (TPSA) is 106 Å². The number of amides is 1. The molecule has 0 unspecified atom stereocenters. The molecule has 0 aliphatic heterocycles. The number of nitrogens with one attached hydrogen (secondary N) is 1. The summed E-state index contributed by atoms with van der Waals surface area (Å²) in [6.07, 6.45) is 2.19. The van der Waals surface area contributed by atoms with Crippen molar-refractivity contribution in [3.8, 4) is 11.6 Å². The van der Waals surface area contributed by atoms with E-state index in [9.17, 15) is 31.5 Å². The van der Waals surface area contributed by atoms with Crippen LogP contribution in [0.25, 0.3) is 0 Å². The Morgan fingerprint density at radius 3 is 2.39 bits per heavy atom. The van der Waals surface area contributed by atoms with Crippen LogP contribution in [0.5, 0.6) is 11.6 Å². The summed E-state index contributed by atoms with van der Waals surface area (Å²) >= 11 is -0.202. The lowest BCUT2D eigenvalue weighted by Gasteiger charge is -2.09. The van der Waals surface area contributed by atoms with Crippen LogP contribution in [0.15, 0.2) is 70.6 Å². The summed E-state index contributed by atoms with van der Waals surface area (Å²) in [6.45, 7) is 0.0668. The number of anilines is 1. The molecular weight excluding hydrogens is 481 g/mol. The van der Waals surface area contributed by atoms with Crippen LogP contribution in [0.3, 0.4) is 0 Å². The number of ether oxygens (including phenoxy) is 1. The number of sulfone groups is 1. The van der Waals surface area contributed by atoms with E-state index >= 15 is 0 Å². The van der Waals surface area contributed by atoms with Gasteiger partial charge in [0.1, 0.15) is 17.3 Å². The molecule has 0 saturated carbocycles. The van der Waals surface area contributed by atoms with Crippen molar-refractivity contribution in [2.45, 2.75) is 21.9 Å². The van der Waals surface area contributed by atoms with Crippen molar-refractivity contribution < 1.29 is 36.2 Å². The van der Waals surface area contributed by atoms with Crippen molar-refractivity contribution in [1.29, 1.82) is 0 Å². The van der Waals surface area contributed by atoms with Crippen molar-refractivity contribution in [1.82, 2.24) is 4.98 Å². The quantitative estimate of drug-likeness (QED) is 0.361. The standard InChI is InChI=1S/C21H17F3N2O5S2/c1-33(29,30)18-10-15(5-8-17(18)27)26-20(28)14-4-9-19(25-11-14)31-12-13-2-6-16(7-3-13)32-21(22,23)24/h2-11,27H,12H2,1H3,(H,26,28).